The van der Waals surface area contributed by atoms with Gasteiger partial charge in [-0.25, -0.2) is 9.97 Å². The van der Waals surface area contributed by atoms with Crippen LogP contribution in [0.15, 0.2) is 123 Å². The van der Waals surface area contributed by atoms with Crippen molar-refractivity contribution in [2.45, 2.75) is 0 Å². The molecule has 0 aliphatic rings. The van der Waals surface area contributed by atoms with E-state index in [9.17, 15) is 0 Å². The average molecular weight is 1010 g/mol. The summed E-state index contributed by atoms with van der Waals surface area (Å²) in [5.74, 6) is 0. The topological polar surface area (TPSA) is 99.5 Å². The fourth-order valence-corrected chi connectivity index (χ4v) is 6.35. The van der Waals surface area contributed by atoms with Gasteiger partial charge in [-0.3, -0.25) is 0 Å². The summed E-state index contributed by atoms with van der Waals surface area (Å²) in [6, 6.07) is 24.8. The van der Waals surface area contributed by atoms with Crippen LogP contribution in [0.1, 0.15) is 0 Å². The van der Waals surface area contributed by atoms with Crippen LogP contribution in [0.2, 0.25) is 0 Å². The Morgan fingerprint density at radius 1 is 0.520 bits per heavy atom. The van der Waals surface area contributed by atoms with Crippen molar-refractivity contribution in [3.8, 4) is 33.9 Å². The molecular formula is C38H26N10Pt2. The Bertz CT molecular complexity index is 2520. The maximum Gasteiger partial charge on any atom is 2.00 e. The third kappa shape index (κ3) is 5.64. The SMILES string of the molecule is Cn1cnc(-c2cccc3c2[n-]c2c(-n4[c-]ncc4)cccc23)c1.Cn1cnc(-c2cccc3c2[n-]c2c(-n4[c-]ncc4)cccc23)c1.[Pt+2].[Pt+2]. The Morgan fingerprint density at radius 2 is 0.920 bits per heavy atom. The number of aromatic nitrogens is 10. The number of imidazole rings is 4. The van der Waals surface area contributed by atoms with Gasteiger partial charge in [-0.15, -0.1) is 22.1 Å². The van der Waals surface area contributed by atoms with Gasteiger partial charge in [0, 0.05) is 39.1 Å². The van der Waals surface area contributed by atoms with Gasteiger partial charge in [0.1, 0.15) is 0 Å². The molecule has 10 rings (SSSR count). The van der Waals surface area contributed by atoms with Crippen LogP contribution in [-0.4, -0.2) is 38.2 Å². The second-order valence-electron chi connectivity index (χ2n) is 11.6. The molecule has 10 nitrogen and oxygen atoms in total. The van der Waals surface area contributed by atoms with Crippen LogP contribution in [0.25, 0.3) is 77.5 Å². The minimum absolute atomic E-state index is 0. The fourth-order valence-electron chi connectivity index (χ4n) is 6.35. The van der Waals surface area contributed by atoms with Gasteiger partial charge >= 0.3 is 42.1 Å². The molecule has 0 spiro atoms. The molecule has 12 heteroatoms. The van der Waals surface area contributed by atoms with Crippen LogP contribution in [0.4, 0.5) is 0 Å². The number of benzene rings is 4. The monoisotopic (exact) mass is 1010 g/mol. The average Bonchev–Trinajstić information content (AvgIpc) is 3.95. The van der Waals surface area contributed by atoms with Gasteiger partial charge < -0.3 is 38.2 Å². The van der Waals surface area contributed by atoms with E-state index in [4.69, 9.17) is 9.97 Å². The Balaban J connectivity index is 0.000000151. The first kappa shape index (κ1) is 33.2. The Hall–Kier alpha value is -5.30. The van der Waals surface area contributed by atoms with Crippen LogP contribution < -0.4 is 9.97 Å². The minimum atomic E-state index is 0. The molecule has 0 saturated heterocycles. The molecule has 0 fully saturated rings. The number of hydrogen-bond acceptors (Lipinski definition) is 4. The van der Waals surface area contributed by atoms with Gasteiger partial charge in [0.2, 0.25) is 0 Å². The van der Waals surface area contributed by atoms with Crippen molar-refractivity contribution >= 4 is 43.6 Å². The van der Waals surface area contributed by atoms with Crippen LogP contribution >= 0.6 is 0 Å². The standard InChI is InChI=1S/2C19H13N5.2Pt/c2*1-23-10-16(21-12-23)15-6-2-4-13-14-5-3-7-17(19(14)22-18(13)15)24-9-8-20-11-24;;/h2*2-10,12H,1H3;;/q2*-2;2*+2. The third-order valence-electron chi connectivity index (χ3n) is 8.52. The van der Waals surface area contributed by atoms with E-state index in [2.05, 4.69) is 81.1 Å². The Morgan fingerprint density at radius 3 is 1.28 bits per heavy atom. The van der Waals surface area contributed by atoms with E-state index >= 15 is 0 Å². The van der Waals surface area contributed by atoms with E-state index in [1.807, 2.05) is 94.1 Å². The van der Waals surface area contributed by atoms with Crippen LogP contribution in [0.5, 0.6) is 0 Å². The van der Waals surface area contributed by atoms with E-state index < -0.39 is 0 Å². The number of nitrogens with zero attached hydrogens (tertiary/aromatic N) is 10. The van der Waals surface area contributed by atoms with Gasteiger partial charge in [-0.1, -0.05) is 97.6 Å². The molecule has 6 heterocycles. The van der Waals surface area contributed by atoms with Crippen molar-refractivity contribution in [2.24, 2.45) is 14.1 Å². The molecule has 0 amide bonds. The van der Waals surface area contributed by atoms with E-state index in [1.54, 1.807) is 12.4 Å². The van der Waals surface area contributed by atoms with Gasteiger partial charge in [-0.05, 0) is 44.0 Å². The first-order chi connectivity index (χ1) is 23.6. The molecule has 0 aliphatic carbocycles. The maximum absolute atomic E-state index is 4.94. The van der Waals surface area contributed by atoms with Crippen molar-refractivity contribution in [3.05, 3.63) is 135 Å². The number of aryl methyl sites for hydroxylation is 2. The summed E-state index contributed by atoms with van der Waals surface area (Å²) in [5.41, 5.74) is 9.76. The maximum atomic E-state index is 4.94. The largest absolute Gasteiger partial charge is 2.00 e. The van der Waals surface area contributed by atoms with Crippen LogP contribution in [-0.2, 0) is 56.2 Å². The van der Waals surface area contributed by atoms with Gasteiger partial charge in [0.05, 0.1) is 24.0 Å². The smallest absolute Gasteiger partial charge is 0.663 e. The second-order valence-corrected chi connectivity index (χ2v) is 11.6. The molecule has 0 aliphatic heterocycles. The molecular weight excluding hydrogens is 987 g/mol. The van der Waals surface area contributed by atoms with Crippen molar-refractivity contribution in [1.29, 1.82) is 0 Å². The molecule has 248 valence electrons. The minimum Gasteiger partial charge on any atom is -0.663 e. The molecule has 50 heavy (non-hydrogen) atoms. The molecule has 0 N–H and O–H groups in total. The first-order valence-electron chi connectivity index (χ1n) is 15.4. The predicted octanol–water partition coefficient (Wildman–Crippen LogP) is 6.67. The number of fused-ring (bicyclic) bond motifs is 6. The fraction of sp³-hybridized carbons (Fsp3) is 0.0526. The normalized spacial score (nSPS) is 11.1. The zero-order valence-electron chi connectivity index (χ0n) is 26.7. The van der Waals surface area contributed by atoms with Gasteiger partial charge in [-0.2, -0.15) is 0 Å². The first-order valence-corrected chi connectivity index (χ1v) is 15.4. The summed E-state index contributed by atoms with van der Waals surface area (Å²) >= 11 is 0. The third-order valence-corrected chi connectivity index (χ3v) is 8.52. The van der Waals surface area contributed by atoms with Gasteiger partial charge in [0.25, 0.3) is 0 Å². The summed E-state index contributed by atoms with van der Waals surface area (Å²) in [4.78, 5) is 26.9. The summed E-state index contributed by atoms with van der Waals surface area (Å²) in [6.07, 6.45) is 20.8. The van der Waals surface area contributed by atoms with Crippen molar-refractivity contribution in [1.82, 2.24) is 48.2 Å². The number of hydrogen-bond donors (Lipinski definition) is 0. The van der Waals surface area contributed by atoms with E-state index in [1.165, 1.54) is 0 Å². The van der Waals surface area contributed by atoms with Gasteiger partial charge in [0.15, 0.2) is 0 Å². The molecule has 6 aromatic heterocycles. The molecule has 0 radical (unpaired) electrons. The second kappa shape index (κ2) is 13.5. The van der Waals surface area contributed by atoms with Crippen molar-refractivity contribution < 1.29 is 42.1 Å². The predicted molar refractivity (Wildman–Crippen MR) is 186 cm³/mol. The quantitative estimate of drug-likeness (QED) is 0.183. The molecule has 0 unspecified atom stereocenters. The molecule has 0 saturated carbocycles. The number of para-hydroxylation sites is 4. The molecule has 0 atom stereocenters. The van der Waals surface area contributed by atoms with E-state index in [-0.39, 0.29) is 42.1 Å². The van der Waals surface area contributed by atoms with Crippen molar-refractivity contribution in [3.63, 3.8) is 0 Å². The molecule has 4 aromatic carbocycles. The zero-order valence-corrected chi connectivity index (χ0v) is 31.2. The van der Waals surface area contributed by atoms with Crippen molar-refractivity contribution in [2.75, 3.05) is 0 Å². The molecule has 0 bridgehead atoms. The van der Waals surface area contributed by atoms with Crippen LogP contribution in [0, 0.1) is 12.7 Å². The Kier molecular flexibility index (Phi) is 8.99. The summed E-state index contributed by atoms with van der Waals surface area (Å²) in [7, 11) is 3.94. The van der Waals surface area contributed by atoms with E-state index in [0.717, 1.165) is 77.5 Å². The van der Waals surface area contributed by atoms with Crippen LogP contribution in [0.3, 0.4) is 0 Å². The summed E-state index contributed by atoms with van der Waals surface area (Å²) < 4.78 is 7.63. The Labute approximate surface area is 315 Å². The van der Waals surface area contributed by atoms with E-state index in [0.29, 0.717) is 0 Å². The summed E-state index contributed by atoms with van der Waals surface area (Å²) in [5, 5.41) is 4.52. The number of rotatable bonds is 4. The molecule has 10 aromatic rings. The zero-order chi connectivity index (χ0) is 32.2. The summed E-state index contributed by atoms with van der Waals surface area (Å²) in [6.45, 7) is 0.